The number of ether oxygens (including phenoxy) is 1. The van der Waals surface area contributed by atoms with Crippen molar-refractivity contribution in [2.45, 2.75) is 62.9 Å². The number of aromatic nitrogens is 3. The number of nitrogens with zero attached hydrogens (tertiary/aromatic N) is 5. The fourth-order valence-corrected chi connectivity index (χ4v) is 7.22. The molecule has 0 N–H and O–H groups in total. The Morgan fingerprint density at radius 1 is 1.03 bits per heavy atom. The van der Waals surface area contributed by atoms with Crippen LogP contribution in [0.25, 0.3) is 5.57 Å². The fourth-order valence-electron chi connectivity index (χ4n) is 6.72. The number of hydrogen-bond donors (Lipinski definition) is 0. The molecule has 7 rings (SSSR count). The van der Waals surface area contributed by atoms with Crippen LogP contribution in [0.2, 0.25) is 0 Å². The molecular formula is C27H33N5OS. The van der Waals surface area contributed by atoms with Crippen LogP contribution < -0.4 is 9.64 Å². The maximum Gasteiger partial charge on any atom is 0.225 e. The Morgan fingerprint density at radius 3 is 2.50 bits per heavy atom. The summed E-state index contributed by atoms with van der Waals surface area (Å²) in [6.45, 7) is 4.21. The van der Waals surface area contributed by atoms with E-state index in [2.05, 4.69) is 50.0 Å². The zero-order valence-corrected chi connectivity index (χ0v) is 20.8. The summed E-state index contributed by atoms with van der Waals surface area (Å²) in [6.07, 6.45) is 20.1. The molecule has 0 amide bonds. The summed E-state index contributed by atoms with van der Waals surface area (Å²) >= 11 is 1.82. The van der Waals surface area contributed by atoms with E-state index in [0.29, 0.717) is 5.41 Å². The van der Waals surface area contributed by atoms with E-state index in [9.17, 15) is 0 Å². The molecular weight excluding hydrogens is 442 g/mol. The Kier molecular flexibility index (Phi) is 4.96. The highest BCUT2D eigenvalue weighted by Gasteiger charge is 2.59. The van der Waals surface area contributed by atoms with Crippen LogP contribution in [-0.4, -0.2) is 57.3 Å². The van der Waals surface area contributed by atoms with Gasteiger partial charge in [0.25, 0.3) is 0 Å². The predicted octanol–water partition coefficient (Wildman–Crippen LogP) is 4.87. The summed E-state index contributed by atoms with van der Waals surface area (Å²) in [7, 11) is 0. The van der Waals surface area contributed by atoms with Crippen LogP contribution >= 0.6 is 11.9 Å². The van der Waals surface area contributed by atoms with Gasteiger partial charge in [0.1, 0.15) is 11.4 Å². The molecule has 5 aliphatic rings. The van der Waals surface area contributed by atoms with Crippen molar-refractivity contribution in [1.82, 2.24) is 19.3 Å². The van der Waals surface area contributed by atoms with Crippen molar-refractivity contribution in [2.75, 3.05) is 37.3 Å². The van der Waals surface area contributed by atoms with E-state index in [4.69, 9.17) is 9.72 Å². The van der Waals surface area contributed by atoms with E-state index < -0.39 is 0 Å². The van der Waals surface area contributed by atoms with Crippen molar-refractivity contribution in [3.63, 3.8) is 0 Å². The molecule has 6 nitrogen and oxygen atoms in total. The molecule has 0 radical (unpaired) electrons. The highest BCUT2D eigenvalue weighted by molar-refractivity contribution is 7.96. The summed E-state index contributed by atoms with van der Waals surface area (Å²) in [4.78, 5) is 16.5. The van der Waals surface area contributed by atoms with Gasteiger partial charge in [0.05, 0.1) is 11.9 Å². The number of hydrogen-bond acceptors (Lipinski definition) is 7. The normalized spacial score (nSPS) is 25.1. The molecule has 2 aromatic heterocycles. The summed E-state index contributed by atoms with van der Waals surface area (Å²) < 4.78 is 8.95. The first kappa shape index (κ1) is 21.2. The highest BCUT2D eigenvalue weighted by atomic mass is 32.2. The fraction of sp³-hybridized carbons (Fsp3) is 0.593. The third kappa shape index (κ3) is 3.72. The first-order chi connectivity index (χ1) is 16.6. The zero-order valence-electron chi connectivity index (χ0n) is 20.0. The van der Waals surface area contributed by atoms with Crippen molar-refractivity contribution < 1.29 is 4.74 Å². The Bertz CT molecular complexity index is 1110. The van der Waals surface area contributed by atoms with Crippen LogP contribution in [0.3, 0.4) is 0 Å². The largest absolute Gasteiger partial charge is 0.485 e. The Balaban J connectivity index is 0.976. The van der Waals surface area contributed by atoms with E-state index in [1.807, 2.05) is 18.1 Å². The van der Waals surface area contributed by atoms with Gasteiger partial charge >= 0.3 is 0 Å². The van der Waals surface area contributed by atoms with Gasteiger partial charge in [0, 0.05) is 50.6 Å². The van der Waals surface area contributed by atoms with Crippen LogP contribution in [0.15, 0.2) is 30.7 Å². The smallest absolute Gasteiger partial charge is 0.225 e. The SMILES string of the molecule is CSN1CC=C(c2cc3c(cn2)OC2(C3)CC3(CCN(c4ncc(C5CC5)cn4)CC3)C2)CC1. The summed E-state index contributed by atoms with van der Waals surface area (Å²) in [5.74, 6) is 2.65. The molecule has 2 spiro atoms. The number of rotatable bonds is 4. The average molecular weight is 476 g/mol. The van der Waals surface area contributed by atoms with Gasteiger partial charge in [-0.05, 0) is 79.7 Å². The molecule has 2 aromatic rings. The molecule has 2 saturated carbocycles. The first-order valence-corrected chi connectivity index (χ1v) is 14.0. The maximum atomic E-state index is 6.56. The average Bonchev–Trinajstić information content (AvgIpc) is 3.64. The molecule has 0 bridgehead atoms. The lowest BCUT2D eigenvalue weighted by Gasteiger charge is -2.57. The molecule has 178 valence electrons. The molecule has 1 saturated heterocycles. The van der Waals surface area contributed by atoms with Crippen molar-refractivity contribution in [1.29, 1.82) is 0 Å². The molecule has 34 heavy (non-hydrogen) atoms. The Morgan fingerprint density at radius 2 is 1.82 bits per heavy atom. The van der Waals surface area contributed by atoms with Gasteiger partial charge in [0.2, 0.25) is 5.95 Å². The van der Waals surface area contributed by atoms with Crippen LogP contribution in [0.4, 0.5) is 5.95 Å². The Labute approximate surface area is 206 Å². The molecule has 0 aromatic carbocycles. The van der Waals surface area contributed by atoms with Gasteiger partial charge in [-0.2, -0.15) is 0 Å². The standard InChI is InChI=1S/C27H33N5OS/c1-34-32-8-4-20(5-9-32)23-12-21-13-27(33-24(21)16-28-23)17-26(18-27)6-10-31(11-7-26)25-29-14-22(15-30-25)19-2-3-19/h4,12,14-16,19H,2-3,5-11,13,17-18H2,1H3. The van der Waals surface area contributed by atoms with Crippen molar-refractivity contribution in [3.8, 4) is 5.75 Å². The van der Waals surface area contributed by atoms with Crippen LogP contribution in [0, 0.1) is 5.41 Å². The number of fused-ring (bicyclic) bond motifs is 1. The number of anilines is 1. The molecule has 0 atom stereocenters. The lowest BCUT2D eigenvalue weighted by molar-refractivity contribution is -0.106. The van der Waals surface area contributed by atoms with E-state index in [0.717, 1.165) is 62.3 Å². The van der Waals surface area contributed by atoms with E-state index in [1.165, 1.54) is 55.2 Å². The molecule has 5 heterocycles. The molecule has 3 aliphatic heterocycles. The van der Waals surface area contributed by atoms with Crippen molar-refractivity contribution in [3.05, 3.63) is 47.6 Å². The topological polar surface area (TPSA) is 54.4 Å². The molecule has 0 unspecified atom stereocenters. The van der Waals surface area contributed by atoms with Crippen LogP contribution in [-0.2, 0) is 6.42 Å². The van der Waals surface area contributed by atoms with Crippen LogP contribution in [0.1, 0.15) is 67.7 Å². The van der Waals surface area contributed by atoms with Gasteiger partial charge in [-0.15, -0.1) is 0 Å². The highest BCUT2D eigenvalue weighted by Crippen LogP contribution is 2.60. The van der Waals surface area contributed by atoms with Gasteiger partial charge in [0.15, 0.2) is 0 Å². The second-order valence-corrected chi connectivity index (χ2v) is 12.0. The number of piperidine rings is 1. The van der Waals surface area contributed by atoms with Crippen molar-refractivity contribution >= 4 is 23.5 Å². The monoisotopic (exact) mass is 475 g/mol. The summed E-state index contributed by atoms with van der Waals surface area (Å²) in [5.41, 5.74) is 5.64. The minimum Gasteiger partial charge on any atom is -0.485 e. The third-order valence-electron chi connectivity index (χ3n) is 8.75. The second-order valence-electron chi connectivity index (χ2n) is 11.1. The minimum absolute atomic E-state index is 0.00378. The van der Waals surface area contributed by atoms with Gasteiger partial charge in [-0.1, -0.05) is 18.0 Å². The Hall–Kier alpha value is -2.12. The van der Waals surface area contributed by atoms with Crippen molar-refractivity contribution in [2.24, 2.45) is 5.41 Å². The summed E-state index contributed by atoms with van der Waals surface area (Å²) in [6, 6.07) is 2.31. The lowest BCUT2D eigenvalue weighted by Crippen LogP contribution is -2.58. The lowest BCUT2D eigenvalue weighted by atomic mass is 9.54. The second kappa shape index (κ2) is 7.95. The van der Waals surface area contributed by atoms with Gasteiger partial charge in [-0.25, -0.2) is 14.3 Å². The van der Waals surface area contributed by atoms with Crippen LogP contribution in [0.5, 0.6) is 5.75 Å². The van der Waals surface area contributed by atoms with E-state index >= 15 is 0 Å². The predicted molar refractivity (Wildman–Crippen MR) is 136 cm³/mol. The molecule has 2 aliphatic carbocycles. The zero-order chi connectivity index (χ0) is 22.8. The summed E-state index contributed by atoms with van der Waals surface area (Å²) in [5, 5.41) is 0. The van der Waals surface area contributed by atoms with Gasteiger partial charge < -0.3 is 9.64 Å². The van der Waals surface area contributed by atoms with Gasteiger partial charge in [-0.3, -0.25) is 4.98 Å². The molecule has 7 heteroatoms. The molecule has 3 fully saturated rings. The minimum atomic E-state index is 0.00378. The first-order valence-electron chi connectivity index (χ1n) is 12.9. The van der Waals surface area contributed by atoms with E-state index in [-0.39, 0.29) is 5.60 Å². The number of pyridine rings is 1. The quantitative estimate of drug-likeness (QED) is 0.585. The van der Waals surface area contributed by atoms with E-state index in [1.54, 1.807) is 0 Å². The third-order valence-corrected chi connectivity index (χ3v) is 9.60. The maximum absolute atomic E-state index is 6.56.